The molecule has 1 N–H and O–H groups in total. The third kappa shape index (κ3) is 4.34. The van der Waals surface area contributed by atoms with E-state index in [0.29, 0.717) is 28.4 Å². The van der Waals surface area contributed by atoms with Crippen LogP contribution in [0.15, 0.2) is 72.2 Å². The standard InChI is InChI=1S/C25H22N2O3S/c1-3-20(24(29)27-25-26-11-12-31-25)18-13-17-14-19(30-2)9-10-21(17)22(15-18)23(28)16-7-5-4-6-8-16/h4-15,20H,3H2,1-2H3,(H,26,27,29). The highest BCUT2D eigenvalue weighted by atomic mass is 32.1. The molecule has 1 amide bonds. The van der Waals surface area contributed by atoms with Crippen LogP contribution < -0.4 is 10.1 Å². The number of carbonyl (C=O) groups excluding carboxylic acids is 2. The fourth-order valence-corrected chi connectivity index (χ4v) is 4.21. The number of nitrogens with one attached hydrogen (secondary N) is 1. The molecule has 156 valence electrons. The lowest BCUT2D eigenvalue weighted by molar-refractivity contribution is -0.117. The number of hydrogen-bond acceptors (Lipinski definition) is 5. The lowest BCUT2D eigenvalue weighted by Crippen LogP contribution is -2.21. The van der Waals surface area contributed by atoms with Gasteiger partial charge in [-0.15, -0.1) is 11.3 Å². The van der Waals surface area contributed by atoms with Gasteiger partial charge in [-0.25, -0.2) is 4.98 Å². The Bertz CT molecular complexity index is 1220. The number of fused-ring (bicyclic) bond motifs is 1. The number of amides is 1. The number of thiazole rings is 1. The minimum atomic E-state index is -0.415. The summed E-state index contributed by atoms with van der Waals surface area (Å²) >= 11 is 1.37. The largest absolute Gasteiger partial charge is 0.497 e. The van der Waals surface area contributed by atoms with Crippen molar-refractivity contribution in [3.05, 3.63) is 88.9 Å². The summed E-state index contributed by atoms with van der Waals surface area (Å²) in [7, 11) is 1.61. The highest BCUT2D eigenvalue weighted by Gasteiger charge is 2.23. The summed E-state index contributed by atoms with van der Waals surface area (Å²) in [5.74, 6) is 0.0653. The first-order valence-electron chi connectivity index (χ1n) is 10.0. The smallest absolute Gasteiger partial charge is 0.233 e. The number of carbonyl (C=O) groups is 2. The zero-order valence-electron chi connectivity index (χ0n) is 17.3. The van der Waals surface area contributed by atoms with Crippen LogP contribution in [0, 0.1) is 0 Å². The quantitative estimate of drug-likeness (QED) is 0.384. The summed E-state index contributed by atoms with van der Waals surface area (Å²) in [6, 6.07) is 18.6. The summed E-state index contributed by atoms with van der Waals surface area (Å²) in [5, 5.41) is 6.94. The summed E-state index contributed by atoms with van der Waals surface area (Å²) in [4.78, 5) is 30.5. The molecule has 3 aromatic carbocycles. The van der Waals surface area contributed by atoms with Gasteiger partial charge >= 0.3 is 0 Å². The summed E-state index contributed by atoms with van der Waals surface area (Å²) in [5.41, 5.74) is 1.97. The molecular formula is C25H22N2O3S. The lowest BCUT2D eigenvalue weighted by atomic mass is 9.88. The van der Waals surface area contributed by atoms with E-state index in [0.717, 1.165) is 16.3 Å². The molecule has 0 saturated carbocycles. The first-order valence-corrected chi connectivity index (χ1v) is 10.9. The number of ketones is 1. The third-order valence-corrected chi connectivity index (χ3v) is 5.94. The van der Waals surface area contributed by atoms with Gasteiger partial charge < -0.3 is 10.1 Å². The van der Waals surface area contributed by atoms with E-state index in [-0.39, 0.29) is 11.7 Å². The van der Waals surface area contributed by atoms with E-state index in [1.54, 1.807) is 25.4 Å². The molecule has 1 aromatic heterocycles. The number of benzene rings is 3. The molecule has 0 fully saturated rings. The number of anilines is 1. The van der Waals surface area contributed by atoms with Crippen molar-refractivity contribution in [3.63, 3.8) is 0 Å². The second kappa shape index (κ2) is 9.10. The van der Waals surface area contributed by atoms with Crippen molar-refractivity contribution in [2.45, 2.75) is 19.3 Å². The van der Waals surface area contributed by atoms with E-state index >= 15 is 0 Å². The molecule has 0 aliphatic heterocycles. The Kier molecular flexibility index (Phi) is 6.09. The van der Waals surface area contributed by atoms with Gasteiger partial charge in [-0.1, -0.05) is 43.3 Å². The molecule has 0 bridgehead atoms. The Morgan fingerprint density at radius 1 is 1.10 bits per heavy atom. The lowest BCUT2D eigenvalue weighted by Gasteiger charge is -2.17. The minimum absolute atomic E-state index is 0.0761. The predicted octanol–water partition coefficient (Wildman–Crippen LogP) is 5.67. The monoisotopic (exact) mass is 430 g/mol. The maximum atomic E-state index is 13.4. The number of rotatable bonds is 7. The predicted molar refractivity (Wildman–Crippen MR) is 124 cm³/mol. The Morgan fingerprint density at radius 2 is 1.90 bits per heavy atom. The van der Waals surface area contributed by atoms with E-state index < -0.39 is 5.92 Å². The third-order valence-electron chi connectivity index (χ3n) is 5.25. The van der Waals surface area contributed by atoms with Crippen molar-refractivity contribution in [1.82, 2.24) is 4.98 Å². The van der Waals surface area contributed by atoms with E-state index in [1.807, 2.05) is 60.8 Å². The molecule has 0 spiro atoms. The Labute approximate surface area is 184 Å². The van der Waals surface area contributed by atoms with E-state index in [9.17, 15) is 9.59 Å². The van der Waals surface area contributed by atoms with E-state index in [4.69, 9.17) is 4.74 Å². The zero-order chi connectivity index (χ0) is 21.8. The van der Waals surface area contributed by atoms with Gasteiger partial charge in [-0.05, 0) is 47.0 Å². The molecule has 1 atom stereocenters. The van der Waals surface area contributed by atoms with Gasteiger partial charge in [0.15, 0.2) is 10.9 Å². The van der Waals surface area contributed by atoms with Crippen LogP contribution in [0.1, 0.15) is 40.7 Å². The average Bonchev–Trinajstić information content (AvgIpc) is 3.31. The fourth-order valence-electron chi connectivity index (χ4n) is 3.68. The second-order valence-corrected chi connectivity index (χ2v) is 8.03. The van der Waals surface area contributed by atoms with E-state index in [1.165, 1.54) is 11.3 Å². The maximum Gasteiger partial charge on any atom is 0.233 e. The van der Waals surface area contributed by atoms with Gasteiger partial charge in [0.2, 0.25) is 5.91 Å². The van der Waals surface area contributed by atoms with Crippen LogP contribution >= 0.6 is 11.3 Å². The normalized spacial score (nSPS) is 11.8. The van der Waals surface area contributed by atoms with Gasteiger partial charge in [0, 0.05) is 22.7 Å². The molecule has 0 saturated heterocycles. The number of hydrogen-bond donors (Lipinski definition) is 1. The molecule has 6 heteroatoms. The molecule has 5 nitrogen and oxygen atoms in total. The first kappa shape index (κ1) is 20.8. The minimum Gasteiger partial charge on any atom is -0.497 e. The molecule has 4 aromatic rings. The second-order valence-electron chi connectivity index (χ2n) is 7.14. The molecule has 31 heavy (non-hydrogen) atoms. The van der Waals surface area contributed by atoms with Gasteiger partial charge in [0.25, 0.3) is 0 Å². The number of aromatic nitrogens is 1. The van der Waals surface area contributed by atoms with Crippen LogP contribution in [-0.4, -0.2) is 23.8 Å². The summed E-state index contributed by atoms with van der Waals surface area (Å²) < 4.78 is 5.38. The molecule has 0 aliphatic carbocycles. The van der Waals surface area contributed by atoms with Crippen molar-refractivity contribution in [1.29, 1.82) is 0 Å². The number of methoxy groups -OCH3 is 1. The van der Waals surface area contributed by atoms with Crippen molar-refractivity contribution in [3.8, 4) is 5.75 Å². The highest BCUT2D eigenvalue weighted by Crippen LogP contribution is 2.32. The van der Waals surface area contributed by atoms with Gasteiger partial charge in [-0.2, -0.15) is 0 Å². The van der Waals surface area contributed by atoms with Crippen LogP contribution in [0.5, 0.6) is 5.75 Å². The van der Waals surface area contributed by atoms with Crippen LogP contribution in [0.3, 0.4) is 0 Å². The number of nitrogens with zero attached hydrogens (tertiary/aromatic N) is 1. The fraction of sp³-hybridized carbons (Fsp3) is 0.160. The van der Waals surface area contributed by atoms with Crippen molar-refractivity contribution in [2.75, 3.05) is 12.4 Å². The average molecular weight is 431 g/mol. The molecule has 4 rings (SSSR count). The van der Waals surface area contributed by atoms with Crippen molar-refractivity contribution >= 4 is 38.9 Å². The van der Waals surface area contributed by atoms with E-state index in [2.05, 4.69) is 10.3 Å². The Hall–Kier alpha value is -3.51. The summed E-state index contributed by atoms with van der Waals surface area (Å²) in [6.07, 6.45) is 2.24. The first-order chi connectivity index (χ1) is 15.1. The number of ether oxygens (including phenoxy) is 1. The Balaban J connectivity index is 1.82. The Morgan fingerprint density at radius 3 is 2.58 bits per heavy atom. The van der Waals surface area contributed by atoms with Crippen LogP contribution in [-0.2, 0) is 4.79 Å². The summed E-state index contributed by atoms with van der Waals surface area (Å²) in [6.45, 7) is 1.96. The van der Waals surface area contributed by atoms with Crippen LogP contribution in [0.25, 0.3) is 10.8 Å². The molecular weight excluding hydrogens is 408 g/mol. The van der Waals surface area contributed by atoms with Crippen molar-refractivity contribution in [2.24, 2.45) is 0 Å². The highest BCUT2D eigenvalue weighted by molar-refractivity contribution is 7.13. The topological polar surface area (TPSA) is 68.3 Å². The van der Waals surface area contributed by atoms with Crippen LogP contribution in [0.2, 0.25) is 0 Å². The molecule has 1 unspecified atom stereocenters. The SMILES string of the molecule is CCC(C(=O)Nc1nccs1)c1cc(C(=O)c2ccccc2)c2ccc(OC)cc2c1. The maximum absolute atomic E-state index is 13.4. The molecule has 1 heterocycles. The van der Waals surface area contributed by atoms with Crippen LogP contribution in [0.4, 0.5) is 5.13 Å². The molecule has 0 radical (unpaired) electrons. The van der Waals surface area contributed by atoms with Gasteiger partial charge in [-0.3, -0.25) is 9.59 Å². The van der Waals surface area contributed by atoms with Crippen molar-refractivity contribution < 1.29 is 14.3 Å². The molecule has 0 aliphatic rings. The zero-order valence-corrected chi connectivity index (χ0v) is 18.1. The van der Waals surface area contributed by atoms with Gasteiger partial charge in [0.05, 0.1) is 13.0 Å². The van der Waals surface area contributed by atoms with Gasteiger partial charge in [0.1, 0.15) is 5.75 Å².